The van der Waals surface area contributed by atoms with E-state index < -0.39 is 48.4 Å². The number of aromatic hydroxyl groups is 1. The Kier molecular flexibility index (Phi) is 16.2. The van der Waals surface area contributed by atoms with Crippen molar-refractivity contribution in [3.8, 4) is 5.75 Å². The number of rotatable bonds is 8. The molecule has 3 N–H and O–H groups in total. The van der Waals surface area contributed by atoms with Crippen LogP contribution in [0.15, 0.2) is 24.3 Å². The van der Waals surface area contributed by atoms with Gasteiger partial charge in [0.05, 0.1) is 18.8 Å². The Balaban J connectivity index is 0. The van der Waals surface area contributed by atoms with E-state index in [0.29, 0.717) is 5.56 Å². The molecule has 0 saturated carbocycles. The van der Waals surface area contributed by atoms with Crippen molar-refractivity contribution in [2.45, 2.75) is 24.7 Å². The van der Waals surface area contributed by atoms with Crippen LogP contribution in [0.25, 0.3) is 0 Å². The van der Waals surface area contributed by atoms with Gasteiger partial charge in [0.1, 0.15) is 11.9 Å². The van der Waals surface area contributed by atoms with Gasteiger partial charge < -0.3 is 39.0 Å². The van der Waals surface area contributed by atoms with Crippen LogP contribution < -0.4 is 103 Å². The fourth-order valence-electron chi connectivity index (χ4n) is 2.23. The van der Waals surface area contributed by atoms with Crippen molar-refractivity contribution in [1.29, 1.82) is 0 Å². The molecule has 0 radical (unpaired) electrons. The van der Waals surface area contributed by atoms with Gasteiger partial charge in [-0.05, 0) is 17.7 Å². The Hall–Kier alpha value is 2.35. The van der Waals surface area contributed by atoms with Crippen molar-refractivity contribution in [2.24, 2.45) is 0 Å². The second kappa shape index (κ2) is 14.0. The van der Waals surface area contributed by atoms with Crippen molar-refractivity contribution in [3.63, 3.8) is 0 Å². The fraction of sp³-hybridized carbons (Fsp3) is 0.455. The third-order valence-electron chi connectivity index (χ3n) is 3.29. The number of hydrogen-bond donors (Lipinski definition) is 3. The van der Waals surface area contributed by atoms with E-state index in [1.807, 2.05) is 0 Å². The largest absolute Gasteiger partial charge is 1.00 e. The second-order valence-electron chi connectivity index (χ2n) is 5.38. The first kappa shape index (κ1) is 34.5. The van der Waals surface area contributed by atoms with Crippen LogP contribution in [0.4, 0.5) is 0 Å². The minimum absolute atomic E-state index is 0. The Bertz CT molecular complexity index is 803. The Morgan fingerprint density at radius 2 is 1.53 bits per heavy atom. The maximum absolute atomic E-state index is 11.5. The molecule has 0 amide bonds. The van der Waals surface area contributed by atoms with E-state index in [9.17, 15) is 38.6 Å². The number of phosphoric acid groups is 3. The summed E-state index contributed by atoms with van der Waals surface area (Å²) in [6.45, 7) is -0.843. The van der Waals surface area contributed by atoms with Crippen LogP contribution in [0.2, 0.25) is 0 Å². The third kappa shape index (κ3) is 12.2. The molecule has 1 heterocycles. The van der Waals surface area contributed by atoms with Crippen LogP contribution in [0.5, 0.6) is 5.75 Å². The summed E-state index contributed by atoms with van der Waals surface area (Å²) in [6.07, 6.45) is -2.92. The van der Waals surface area contributed by atoms with Gasteiger partial charge in [0.2, 0.25) is 0 Å². The molecule has 0 bridgehead atoms. The first-order valence-corrected chi connectivity index (χ1v) is 11.5. The number of phosphoric ester groups is 1. The Morgan fingerprint density at radius 1 is 1.00 bits per heavy atom. The molecule has 1 aromatic rings. The maximum Gasteiger partial charge on any atom is 1.00 e. The molecule has 1 fully saturated rings. The molecule has 5 unspecified atom stereocenters. The molecule has 0 aliphatic carbocycles. The van der Waals surface area contributed by atoms with Crippen LogP contribution in [0, 0.1) is 0 Å². The van der Waals surface area contributed by atoms with E-state index >= 15 is 0 Å². The summed E-state index contributed by atoms with van der Waals surface area (Å²) < 4.78 is 49.2. The van der Waals surface area contributed by atoms with E-state index in [0.717, 1.165) is 0 Å². The topological polar surface area (TPSA) is 218 Å². The van der Waals surface area contributed by atoms with Gasteiger partial charge in [-0.25, -0.2) is 8.62 Å². The minimum atomic E-state index is -5.98. The molecular formula is C11H14Na3O13P3. The summed E-state index contributed by atoms with van der Waals surface area (Å²) in [5, 5.41) is 19.2. The van der Waals surface area contributed by atoms with E-state index in [1.54, 1.807) is 0 Å². The average molecular weight is 516 g/mol. The quantitative estimate of drug-likeness (QED) is 0.216. The predicted octanol–water partition coefficient (Wildman–Crippen LogP) is -9.96. The summed E-state index contributed by atoms with van der Waals surface area (Å²) in [6, 6.07) is 5.82. The third-order valence-corrected chi connectivity index (χ3v) is 6.98. The summed E-state index contributed by atoms with van der Waals surface area (Å²) in [7, 11) is -17.4. The second-order valence-corrected chi connectivity index (χ2v) is 9.67. The van der Waals surface area contributed by atoms with Crippen LogP contribution in [0.1, 0.15) is 18.1 Å². The molecule has 6 atom stereocenters. The van der Waals surface area contributed by atoms with Crippen LogP contribution in [-0.2, 0) is 31.6 Å². The number of hydrogen-bond acceptors (Lipinski definition) is 12. The van der Waals surface area contributed by atoms with Crippen molar-refractivity contribution in [1.82, 2.24) is 0 Å². The minimum Gasteiger partial charge on any atom is -0.756 e. The molecule has 1 aliphatic heterocycles. The predicted molar refractivity (Wildman–Crippen MR) is 79.5 cm³/mol. The van der Waals surface area contributed by atoms with E-state index in [1.165, 1.54) is 24.3 Å². The SMILES string of the molecule is O=P([O-])(O)OP(=O)([O-])OP(=O)([O-])OCC1O[C@@H](c2ccc(O)cc2)CC1O.[Na+].[Na+].[Na+]. The molecule has 1 aromatic carbocycles. The van der Waals surface area contributed by atoms with Crippen LogP contribution in [-0.4, -0.2) is 33.9 Å². The van der Waals surface area contributed by atoms with Gasteiger partial charge in [-0.1, -0.05) is 12.1 Å². The zero-order valence-electron chi connectivity index (χ0n) is 16.2. The fourth-order valence-corrected chi connectivity index (χ4v) is 5.13. The van der Waals surface area contributed by atoms with Crippen molar-refractivity contribution >= 4 is 23.5 Å². The van der Waals surface area contributed by atoms with Gasteiger partial charge in [-0.15, -0.1) is 0 Å². The van der Waals surface area contributed by atoms with Crippen molar-refractivity contribution < 1.29 is 150 Å². The van der Waals surface area contributed by atoms with Crippen molar-refractivity contribution in [3.05, 3.63) is 29.8 Å². The first-order valence-electron chi connectivity index (χ1n) is 7.12. The van der Waals surface area contributed by atoms with Crippen LogP contribution >= 0.6 is 23.5 Å². The first-order chi connectivity index (χ1) is 12.3. The van der Waals surface area contributed by atoms with Gasteiger partial charge in [-0.3, -0.25) is 13.7 Å². The smallest absolute Gasteiger partial charge is 0.756 e. The van der Waals surface area contributed by atoms with Gasteiger partial charge >= 0.3 is 88.7 Å². The molecule has 0 spiro atoms. The van der Waals surface area contributed by atoms with Gasteiger partial charge in [0.25, 0.3) is 23.5 Å². The van der Waals surface area contributed by atoms with Gasteiger partial charge in [-0.2, -0.15) is 0 Å². The zero-order chi connectivity index (χ0) is 20.5. The number of aliphatic hydroxyl groups excluding tert-OH is 1. The Morgan fingerprint density at radius 3 is 2.03 bits per heavy atom. The summed E-state index contributed by atoms with van der Waals surface area (Å²) in [5.74, 6) is 0.0105. The molecule has 30 heavy (non-hydrogen) atoms. The average Bonchev–Trinajstić information content (AvgIpc) is 2.83. The molecule has 2 rings (SSSR count). The summed E-state index contributed by atoms with van der Waals surface area (Å²) in [5.41, 5.74) is 0.586. The molecular weight excluding hydrogens is 502 g/mol. The maximum atomic E-state index is 11.5. The standard InChI is InChI=1S/C11H17O13P3.3Na/c12-8-3-1-7(2-4-8)10-5-9(13)11(22-10)6-21-26(17,18)24-27(19,20)23-25(14,15)16;;;/h1-4,9-13H,5-6H2,(H,17,18)(H,19,20)(H2,14,15,16);;;/q;3*+1/p-3/t9?,10-,11?;;;/m1.../s1. The summed E-state index contributed by atoms with van der Waals surface area (Å²) >= 11 is 0. The molecule has 13 nitrogen and oxygen atoms in total. The van der Waals surface area contributed by atoms with Gasteiger partial charge in [0, 0.05) is 6.42 Å². The van der Waals surface area contributed by atoms with E-state index in [2.05, 4.69) is 13.1 Å². The monoisotopic (exact) mass is 516 g/mol. The summed E-state index contributed by atoms with van der Waals surface area (Å²) in [4.78, 5) is 41.2. The van der Waals surface area contributed by atoms with Gasteiger partial charge in [0.15, 0.2) is 0 Å². The number of benzene rings is 1. The van der Waals surface area contributed by atoms with E-state index in [4.69, 9.17) is 9.63 Å². The number of aliphatic hydroxyl groups is 1. The van der Waals surface area contributed by atoms with Crippen LogP contribution in [0.3, 0.4) is 0 Å². The Labute approximate surface area is 237 Å². The number of ether oxygens (including phenoxy) is 1. The zero-order valence-corrected chi connectivity index (χ0v) is 24.9. The molecule has 154 valence electrons. The molecule has 19 heteroatoms. The molecule has 1 aliphatic rings. The molecule has 1 saturated heterocycles. The van der Waals surface area contributed by atoms with E-state index in [-0.39, 0.29) is 101 Å². The number of phenols is 1. The normalized spacial score (nSPS) is 26.6. The molecule has 0 aromatic heterocycles. The van der Waals surface area contributed by atoms with Crippen molar-refractivity contribution in [2.75, 3.05) is 6.61 Å². The number of phenolic OH excluding ortho intramolecular Hbond substituents is 1.